The van der Waals surface area contributed by atoms with Crippen LogP contribution in [-0.2, 0) is 0 Å². The summed E-state index contributed by atoms with van der Waals surface area (Å²) in [5, 5.41) is 17.2. The summed E-state index contributed by atoms with van der Waals surface area (Å²) < 4.78 is 0. The number of rotatable bonds is 5. The normalized spacial score (nSPS) is 10.2. The molecule has 0 radical (unpaired) electrons. The van der Waals surface area contributed by atoms with E-state index in [1.54, 1.807) is 12.1 Å². The third kappa shape index (κ3) is 3.15. The maximum Gasteiger partial charge on any atom is 0.373 e. The predicted molar refractivity (Wildman–Crippen MR) is 67.3 cm³/mol. The molecule has 2 rings (SSSR count). The Morgan fingerprint density at radius 2 is 2.00 bits per heavy atom. The van der Waals surface area contributed by atoms with Gasteiger partial charge in [-0.05, 0) is 6.92 Å². The van der Waals surface area contributed by atoms with E-state index in [1.807, 2.05) is 19.1 Å². The number of carbonyl (C=O) groups excluding carboxylic acids is 1. The standard InChI is InChI=1S/C12H12N4O3/c1-7-2-4-8(5-3-7)9(17)6-13-12-14-10(11(18)19)15-16-12/h2-5H,6H2,1H3,(H,18,19)(H2,13,14,15,16). The lowest BCUT2D eigenvalue weighted by atomic mass is 10.1. The molecule has 0 unspecified atom stereocenters. The smallest absolute Gasteiger partial charge is 0.373 e. The lowest BCUT2D eigenvalue weighted by molar-refractivity contribution is 0.0684. The summed E-state index contributed by atoms with van der Waals surface area (Å²) in [5.74, 6) is -1.52. The van der Waals surface area contributed by atoms with Crippen molar-refractivity contribution in [2.45, 2.75) is 6.92 Å². The zero-order valence-corrected chi connectivity index (χ0v) is 10.2. The van der Waals surface area contributed by atoms with Gasteiger partial charge in [0.05, 0.1) is 6.54 Å². The number of carboxylic acid groups (broad SMARTS) is 1. The lowest BCUT2D eigenvalue weighted by Gasteiger charge is -2.02. The second-order valence-electron chi connectivity index (χ2n) is 3.96. The van der Waals surface area contributed by atoms with Crippen molar-refractivity contribution in [2.24, 2.45) is 0 Å². The zero-order chi connectivity index (χ0) is 13.8. The fourth-order valence-corrected chi connectivity index (χ4v) is 1.44. The molecule has 1 aromatic heterocycles. The van der Waals surface area contributed by atoms with Crippen molar-refractivity contribution < 1.29 is 14.7 Å². The first-order valence-electron chi connectivity index (χ1n) is 5.55. The van der Waals surface area contributed by atoms with Crippen LogP contribution in [0.25, 0.3) is 0 Å². The minimum absolute atomic E-state index is 0.0000265. The molecule has 0 aliphatic heterocycles. The highest BCUT2D eigenvalue weighted by Gasteiger charge is 2.11. The molecule has 0 aliphatic rings. The SMILES string of the molecule is Cc1ccc(C(=O)CNc2n[nH]c(C(=O)O)n2)cc1. The average Bonchev–Trinajstić information content (AvgIpc) is 2.86. The van der Waals surface area contributed by atoms with Crippen LogP contribution in [0.4, 0.5) is 5.95 Å². The van der Waals surface area contributed by atoms with E-state index in [1.165, 1.54) is 0 Å². The van der Waals surface area contributed by atoms with E-state index in [9.17, 15) is 9.59 Å². The van der Waals surface area contributed by atoms with E-state index in [0.29, 0.717) is 5.56 Å². The van der Waals surface area contributed by atoms with Crippen LogP contribution >= 0.6 is 0 Å². The van der Waals surface area contributed by atoms with Crippen LogP contribution in [0.5, 0.6) is 0 Å². The Kier molecular flexibility index (Phi) is 3.56. The summed E-state index contributed by atoms with van der Waals surface area (Å²) in [7, 11) is 0. The van der Waals surface area contributed by atoms with Gasteiger partial charge in [-0.1, -0.05) is 29.8 Å². The van der Waals surface area contributed by atoms with Crippen LogP contribution in [-0.4, -0.2) is 38.6 Å². The number of hydrogen-bond acceptors (Lipinski definition) is 5. The number of nitrogens with zero attached hydrogens (tertiary/aromatic N) is 2. The predicted octanol–water partition coefficient (Wildman–Crippen LogP) is 1.11. The van der Waals surface area contributed by atoms with Crippen LogP contribution in [0.2, 0.25) is 0 Å². The average molecular weight is 260 g/mol. The molecular weight excluding hydrogens is 248 g/mol. The fourth-order valence-electron chi connectivity index (χ4n) is 1.44. The summed E-state index contributed by atoms with van der Waals surface area (Å²) in [6.07, 6.45) is 0. The number of carboxylic acids is 1. The van der Waals surface area contributed by atoms with Crippen molar-refractivity contribution in [3.63, 3.8) is 0 Å². The van der Waals surface area contributed by atoms with Crippen molar-refractivity contribution in [1.29, 1.82) is 0 Å². The topological polar surface area (TPSA) is 108 Å². The second kappa shape index (κ2) is 5.30. The maximum atomic E-state index is 11.8. The van der Waals surface area contributed by atoms with Crippen molar-refractivity contribution >= 4 is 17.7 Å². The summed E-state index contributed by atoms with van der Waals surface area (Å²) in [6, 6.07) is 7.17. The first-order valence-corrected chi connectivity index (χ1v) is 5.55. The van der Waals surface area contributed by atoms with E-state index in [4.69, 9.17) is 5.11 Å². The molecule has 0 bridgehead atoms. The van der Waals surface area contributed by atoms with Crippen molar-refractivity contribution in [2.75, 3.05) is 11.9 Å². The quantitative estimate of drug-likeness (QED) is 0.695. The molecule has 0 fully saturated rings. The lowest BCUT2D eigenvalue weighted by Crippen LogP contribution is -2.14. The molecule has 0 spiro atoms. The van der Waals surface area contributed by atoms with Gasteiger partial charge >= 0.3 is 5.97 Å². The van der Waals surface area contributed by atoms with Gasteiger partial charge in [-0.3, -0.25) is 9.89 Å². The van der Waals surface area contributed by atoms with Gasteiger partial charge in [-0.15, -0.1) is 5.10 Å². The number of hydrogen-bond donors (Lipinski definition) is 3. The molecular formula is C12H12N4O3. The summed E-state index contributed by atoms with van der Waals surface area (Å²) >= 11 is 0. The van der Waals surface area contributed by atoms with Gasteiger partial charge in [-0.25, -0.2) is 4.79 Å². The maximum absolute atomic E-state index is 11.8. The Morgan fingerprint density at radius 1 is 1.32 bits per heavy atom. The molecule has 1 aromatic carbocycles. The van der Waals surface area contributed by atoms with Gasteiger partial charge in [0.25, 0.3) is 0 Å². The highest BCUT2D eigenvalue weighted by atomic mass is 16.4. The Balaban J connectivity index is 1.96. The van der Waals surface area contributed by atoms with E-state index < -0.39 is 5.97 Å². The summed E-state index contributed by atoms with van der Waals surface area (Å²) in [4.78, 5) is 26.1. The number of aromatic carboxylic acids is 1. The van der Waals surface area contributed by atoms with Crippen LogP contribution in [0.1, 0.15) is 26.5 Å². The minimum Gasteiger partial charge on any atom is -0.475 e. The van der Waals surface area contributed by atoms with E-state index in [0.717, 1.165) is 5.56 Å². The van der Waals surface area contributed by atoms with E-state index in [2.05, 4.69) is 20.5 Å². The minimum atomic E-state index is -1.20. The number of H-pyrrole nitrogens is 1. The molecule has 98 valence electrons. The summed E-state index contributed by atoms with van der Waals surface area (Å²) in [6.45, 7) is 1.94. The van der Waals surface area contributed by atoms with Crippen molar-refractivity contribution in [3.05, 3.63) is 41.2 Å². The molecule has 0 saturated carbocycles. The first-order chi connectivity index (χ1) is 9.06. The molecule has 0 saturated heterocycles. The largest absolute Gasteiger partial charge is 0.475 e. The third-order valence-electron chi connectivity index (χ3n) is 2.47. The molecule has 7 nitrogen and oxygen atoms in total. The highest BCUT2D eigenvalue weighted by Crippen LogP contribution is 2.05. The highest BCUT2D eigenvalue weighted by molar-refractivity contribution is 5.98. The van der Waals surface area contributed by atoms with Crippen LogP contribution in [0, 0.1) is 6.92 Å². The van der Waals surface area contributed by atoms with Gasteiger partial charge in [0.1, 0.15) is 0 Å². The molecule has 1 heterocycles. The van der Waals surface area contributed by atoms with Crippen LogP contribution in [0.15, 0.2) is 24.3 Å². The number of aromatic amines is 1. The number of Topliss-reactive ketones (excluding diaryl/α,β-unsaturated/α-hetero) is 1. The van der Waals surface area contributed by atoms with Gasteiger partial charge in [0, 0.05) is 5.56 Å². The number of anilines is 1. The molecule has 3 N–H and O–H groups in total. The molecule has 0 atom stereocenters. The number of nitrogens with one attached hydrogen (secondary N) is 2. The molecule has 0 aliphatic carbocycles. The van der Waals surface area contributed by atoms with Gasteiger partial charge < -0.3 is 10.4 Å². The number of aryl methyl sites for hydroxylation is 1. The van der Waals surface area contributed by atoms with Gasteiger partial charge in [0.15, 0.2) is 5.78 Å². The Morgan fingerprint density at radius 3 is 2.58 bits per heavy atom. The monoisotopic (exact) mass is 260 g/mol. The zero-order valence-electron chi connectivity index (χ0n) is 10.2. The Hall–Kier alpha value is -2.70. The summed E-state index contributed by atoms with van der Waals surface area (Å²) in [5.41, 5.74) is 1.65. The van der Waals surface area contributed by atoms with Crippen LogP contribution < -0.4 is 5.32 Å². The Labute approximate surface area is 108 Å². The molecule has 19 heavy (non-hydrogen) atoms. The molecule has 0 amide bonds. The molecule has 7 heteroatoms. The van der Waals surface area contributed by atoms with Crippen LogP contribution in [0.3, 0.4) is 0 Å². The van der Waals surface area contributed by atoms with E-state index >= 15 is 0 Å². The van der Waals surface area contributed by atoms with Crippen molar-refractivity contribution in [3.8, 4) is 0 Å². The number of benzene rings is 1. The number of aromatic nitrogens is 3. The number of ketones is 1. The third-order valence-corrected chi connectivity index (χ3v) is 2.47. The fraction of sp³-hybridized carbons (Fsp3) is 0.167. The van der Waals surface area contributed by atoms with Gasteiger partial charge in [0.2, 0.25) is 11.8 Å². The first kappa shape index (κ1) is 12.7. The molecule has 2 aromatic rings. The van der Waals surface area contributed by atoms with Crippen molar-refractivity contribution in [1.82, 2.24) is 15.2 Å². The second-order valence-corrected chi connectivity index (χ2v) is 3.96. The van der Waals surface area contributed by atoms with Gasteiger partial charge in [-0.2, -0.15) is 4.98 Å². The van der Waals surface area contributed by atoms with E-state index in [-0.39, 0.29) is 24.1 Å². The number of carbonyl (C=O) groups is 2. The Bertz CT molecular complexity index is 604.